The van der Waals surface area contributed by atoms with Crippen LogP contribution in [0.25, 0.3) is 11.3 Å². The molecule has 1 aromatic carbocycles. The number of hydrogen-bond acceptors (Lipinski definition) is 7. The van der Waals surface area contributed by atoms with Crippen molar-refractivity contribution in [2.75, 3.05) is 6.61 Å². The number of nitro groups is 1. The second-order valence-corrected chi connectivity index (χ2v) is 6.32. The first kappa shape index (κ1) is 20.0. The van der Waals surface area contributed by atoms with Crippen molar-refractivity contribution in [2.45, 2.75) is 25.9 Å². The Bertz CT molecular complexity index is 893. The number of carboxylic acids is 1. The average Bonchev–Trinajstić information content (AvgIpc) is 2.60. The molecule has 0 aliphatic heterocycles. The Hall–Kier alpha value is -3.33. The number of para-hydroxylation sites is 1. The van der Waals surface area contributed by atoms with Gasteiger partial charge in [0.25, 0.3) is 5.69 Å². The number of benzene rings is 1. The molecule has 142 valence electrons. The molecule has 0 saturated heterocycles. The molecule has 0 atom stereocenters. The lowest BCUT2D eigenvalue weighted by atomic mass is 10.0. The van der Waals surface area contributed by atoms with E-state index in [1.807, 2.05) is 0 Å². The molecule has 27 heavy (non-hydrogen) atoms. The van der Waals surface area contributed by atoms with E-state index in [4.69, 9.17) is 9.84 Å². The van der Waals surface area contributed by atoms with E-state index in [2.05, 4.69) is 4.98 Å². The topological polar surface area (TPSA) is 140 Å². The number of aromatic carboxylic acids is 1. The Morgan fingerprint density at radius 3 is 2.56 bits per heavy atom. The molecular formula is C18H18N2O7. The van der Waals surface area contributed by atoms with E-state index in [0.29, 0.717) is 0 Å². The molecule has 0 amide bonds. The average molecular weight is 374 g/mol. The third-order valence-corrected chi connectivity index (χ3v) is 3.79. The van der Waals surface area contributed by atoms with Gasteiger partial charge in [-0.15, -0.1) is 0 Å². The predicted octanol–water partition coefficient (Wildman–Crippen LogP) is 2.67. The van der Waals surface area contributed by atoms with Crippen LogP contribution in [0, 0.1) is 10.1 Å². The van der Waals surface area contributed by atoms with Crippen LogP contribution < -0.4 is 0 Å². The highest BCUT2D eigenvalue weighted by molar-refractivity contribution is 6.00. The highest BCUT2D eigenvalue weighted by Gasteiger charge is 2.28. The summed E-state index contributed by atoms with van der Waals surface area (Å²) in [5.74, 6) is -2.20. The number of nitrogens with zero attached hydrogens (tertiary/aromatic N) is 2. The van der Waals surface area contributed by atoms with Crippen molar-refractivity contribution in [2.24, 2.45) is 0 Å². The Morgan fingerprint density at radius 1 is 1.30 bits per heavy atom. The van der Waals surface area contributed by atoms with Crippen molar-refractivity contribution in [1.82, 2.24) is 4.98 Å². The van der Waals surface area contributed by atoms with Crippen LogP contribution in [0.3, 0.4) is 0 Å². The monoisotopic (exact) mass is 374 g/mol. The molecule has 1 heterocycles. The number of ether oxygens (including phenoxy) is 1. The van der Waals surface area contributed by atoms with Gasteiger partial charge in [-0.3, -0.25) is 15.1 Å². The zero-order valence-electron chi connectivity index (χ0n) is 14.7. The van der Waals surface area contributed by atoms with E-state index in [1.165, 1.54) is 18.2 Å². The zero-order chi connectivity index (χ0) is 20.2. The maximum atomic E-state index is 12.7. The van der Waals surface area contributed by atoms with Gasteiger partial charge in [-0.25, -0.2) is 9.59 Å². The van der Waals surface area contributed by atoms with Gasteiger partial charge < -0.3 is 14.9 Å². The third-order valence-electron chi connectivity index (χ3n) is 3.79. The summed E-state index contributed by atoms with van der Waals surface area (Å²) >= 11 is 0. The van der Waals surface area contributed by atoms with Crippen LogP contribution in [0.2, 0.25) is 0 Å². The fourth-order valence-corrected chi connectivity index (χ4v) is 2.41. The van der Waals surface area contributed by atoms with Crippen LogP contribution in [0.5, 0.6) is 0 Å². The molecule has 9 heteroatoms. The van der Waals surface area contributed by atoms with Gasteiger partial charge in [0.1, 0.15) is 5.60 Å². The summed E-state index contributed by atoms with van der Waals surface area (Å²) in [6.45, 7) is 2.95. The van der Waals surface area contributed by atoms with Crippen LogP contribution >= 0.6 is 0 Å². The fraction of sp³-hybridized carbons (Fsp3) is 0.278. The molecule has 0 radical (unpaired) electrons. The number of nitro benzene ring substituents is 1. The minimum absolute atomic E-state index is 0.0582. The summed E-state index contributed by atoms with van der Waals surface area (Å²) in [6.07, 6.45) is 1.18. The summed E-state index contributed by atoms with van der Waals surface area (Å²) in [5.41, 5.74) is -1.77. The number of carbonyl (C=O) groups is 2. The molecule has 0 fully saturated rings. The lowest BCUT2D eigenvalue weighted by Gasteiger charge is -2.24. The van der Waals surface area contributed by atoms with E-state index >= 15 is 0 Å². The largest absolute Gasteiger partial charge is 0.478 e. The fourth-order valence-electron chi connectivity index (χ4n) is 2.41. The highest BCUT2D eigenvalue weighted by Crippen LogP contribution is 2.32. The quantitative estimate of drug-likeness (QED) is 0.428. The number of carboxylic acid groups (broad SMARTS) is 1. The maximum absolute atomic E-state index is 12.7. The maximum Gasteiger partial charge on any atom is 0.340 e. The van der Waals surface area contributed by atoms with Gasteiger partial charge in [0.15, 0.2) is 0 Å². The second-order valence-electron chi connectivity index (χ2n) is 6.32. The number of hydrogen-bond donors (Lipinski definition) is 2. The number of aliphatic hydroxyl groups is 1. The van der Waals surface area contributed by atoms with Crippen molar-refractivity contribution in [3.8, 4) is 11.3 Å². The van der Waals surface area contributed by atoms with E-state index in [0.717, 1.165) is 12.3 Å². The van der Waals surface area contributed by atoms with Crippen molar-refractivity contribution in [1.29, 1.82) is 0 Å². The van der Waals surface area contributed by atoms with Gasteiger partial charge in [-0.1, -0.05) is 12.1 Å². The molecule has 0 bridgehead atoms. The van der Waals surface area contributed by atoms with E-state index in [9.17, 15) is 24.8 Å². The molecule has 9 nitrogen and oxygen atoms in total. The Balaban J connectivity index is 2.61. The van der Waals surface area contributed by atoms with E-state index < -0.39 is 22.5 Å². The van der Waals surface area contributed by atoms with Gasteiger partial charge in [0.05, 0.1) is 27.3 Å². The van der Waals surface area contributed by atoms with Gasteiger partial charge in [0, 0.05) is 25.3 Å². The first-order chi connectivity index (χ1) is 12.7. The molecule has 2 aromatic rings. The SMILES string of the molecule is CC(C)(CCO)OC(=O)c1cc(C(=O)O)cnc1-c1ccccc1[N+](=O)[O-]. The molecule has 0 aliphatic carbocycles. The van der Waals surface area contributed by atoms with E-state index in [1.54, 1.807) is 19.9 Å². The standard InChI is InChI=1S/C18H18N2O7/c1-18(2,7-8-21)27-17(24)13-9-11(16(22)23)10-19-15(13)12-5-3-4-6-14(12)20(25)26/h3-6,9-10,21H,7-8H2,1-2H3,(H,22,23). The van der Waals surface area contributed by atoms with Gasteiger partial charge in [-0.2, -0.15) is 0 Å². The van der Waals surface area contributed by atoms with Crippen molar-refractivity contribution in [3.63, 3.8) is 0 Å². The first-order valence-corrected chi connectivity index (χ1v) is 7.97. The minimum atomic E-state index is -1.31. The van der Waals surface area contributed by atoms with Crippen LogP contribution in [0.1, 0.15) is 41.0 Å². The lowest BCUT2D eigenvalue weighted by Crippen LogP contribution is -2.29. The molecule has 2 N–H and O–H groups in total. The molecular weight excluding hydrogens is 356 g/mol. The number of aromatic nitrogens is 1. The van der Waals surface area contributed by atoms with Crippen LogP contribution in [-0.2, 0) is 4.74 Å². The molecule has 0 aliphatic rings. The number of carbonyl (C=O) groups excluding carboxylic acids is 1. The number of esters is 1. The summed E-state index contributed by atoms with van der Waals surface area (Å²) in [7, 11) is 0. The molecule has 1 aromatic heterocycles. The molecule has 0 spiro atoms. The predicted molar refractivity (Wildman–Crippen MR) is 94.5 cm³/mol. The third kappa shape index (κ3) is 4.64. The number of pyridine rings is 1. The summed E-state index contributed by atoms with van der Waals surface area (Å²) < 4.78 is 5.36. The van der Waals surface area contributed by atoms with Crippen molar-refractivity contribution in [3.05, 3.63) is 57.8 Å². The number of rotatable bonds is 7. The minimum Gasteiger partial charge on any atom is -0.478 e. The number of aliphatic hydroxyl groups excluding tert-OH is 1. The highest BCUT2D eigenvalue weighted by atomic mass is 16.6. The zero-order valence-corrected chi connectivity index (χ0v) is 14.7. The summed E-state index contributed by atoms with van der Waals surface area (Å²) in [6, 6.07) is 6.75. The van der Waals surface area contributed by atoms with Gasteiger partial charge in [0.2, 0.25) is 0 Å². The van der Waals surface area contributed by atoms with Gasteiger partial charge in [-0.05, 0) is 26.0 Å². The smallest absolute Gasteiger partial charge is 0.340 e. The molecule has 0 unspecified atom stereocenters. The molecule has 0 saturated carbocycles. The molecule has 2 rings (SSSR count). The van der Waals surface area contributed by atoms with Crippen molar-refractivity contribution >= 4 is 17.6 Å². The Morgan fingerprint density at radius 2 is 1.96 bits per heavy atom. The van der Waals surface area contributed by atoms with Gasteiger partial charge >= 0.3 is 11.9 Å². The van der Waals surface area contributed by atoms with Crippen molar-refractivity contribution < 1.29 is 29.5 Å². The van der Waals surface area contributed by atoms with Crippen LogP contribution in [0.15, 0.2) is 36.5 Å². The normalized spacial score (nSPS) is 11.1. The summed E-state index contributed by atoms with van der Waals surface area (Å²) in [5, 5.41) is 29.6. The summed E-state index contributed by atoms with van der Waals surface area (Å²) in [4.78, 5) is 38.6. The second kappa shape index (κ2) is 7.92. The lowest BCUT2D eigenvalue weighted by molar-refractivity contribution is -0.384. The van der Waals surface area contributed by atoms with Crippen LogP contribution in [-0.4, -0.2) is 44.3 Å². The Labute approximate surface area is 154 Å². The first-order valence-electron chi connectivity index (χ1n) is 7.97. The van der Waals surface area contributed by atoms with E-state index in [-0.39, 0.29) is 41.1 Å². The Kier molecular flexibility index (Phi) is 5.86. The van der Waals surface area contributed by atoms with Crippen LogP contribution in [0.4, 0.5) is 5.69 Å².